The molecule has 0 aliphatic heterocycles. The average Bonchev–Trinajstić information content (AvgIpc) is 2.54. The molecular weight excluding hydrogens is 312 g/mol. The molecule has 0 fully saturated rings. The summed E-state index contributed by atoms with van der Waals surface area (Å²) in [5, 5.41) is 10.0. The molecule has 0 spiro atoms. The highest BCUT2D eigenvalue weighted by Gasteiger charge is 2.12. The Hall–Kier alpha value is -1.84. The Labute approximate surface area is 143 Å². The van der Waals surface area contributed by atoms with Crippen LogP contribution in [0.4, 0.5) is 0 Å². The van der Waals surface area contributed by atoms with Crippen LogP contribution >= 0.6 is 12.4 Å². The van der Waals surface area contributed by atoms with Gasteiger partial charge in [0.2, 0.25) is 0 Å². The van der Waals surface area contributed by atoms with E-state index >= 15 is 0 Å². The first-order valence-corrected chi connectivity index (χ1v) is 7.54. The molecule has 2 aromatic rings. The lowest BCUT2D eigenvalue weighted by atomic mass is 10.0. The summed E-state index contributed by atoms with van der Waals surface area (Å²) in [6, 6.07) is 17.5. The number of aliphatic hydroxyl groups is 1. The summed E-state index contributed by atoms with van der Waals surface area (Å²) in [4.78, 5) is 11.9. The number of aliphatic hydroxyl groups excluding tert-OH is 1. The third-order valence-corrected chi connectivity index (χ3v) is 3.63. The van der Waals surface area contributed by atoms with Gasteiger partial charge in [0.25, 0.3) is 0 Å². The first-order chi connectivity index (χ1) is 10.7. The van der Waals surface area contributed by atoms with E-state index in [1.54, 1.807) is 7.11 Å². The van der Waals surface area contributed by atoms with Crippen LogP contribution in [-0.2, 0) is 17.6 Å². The van der Waals surface area contributed by atoms with Crippen LogP contribution in [-0.4, -0.2) is 24.1 Å². The molecule has 0 aliphatic carbocycles. The van der Waals surface area contributed by atoms with E-state index in [4.69, 9.17) is 4.74 Å². The second-order valence-corrected chi connectivity index (χ2v) is 5.43. The molecule has 1 N–H and O–H groups in total. The van der Waals surface area contributed by atoms with Crippen molar-refractivity contribution in [2.75, 3.05) is 7.11 Å². The van der Waals surface area contributed by atoms with E-state index < -0.39 is 6.10 Å². The maximum Gasteiger partial charge on any atom is 0.135 e. The highest BCUT2D eigenvalue weighted by atomic mass is 35.5. The molecule has 1 unspecified atom stereocenters. The van der Waals surface area contributed by atoms with Gasteiger partial charge in [0.1, 0.15) is 11.5 Å². The zero-order chi connectivity index (χ0) is 15.8. The summed E-state index contributed by atoms with van der Waals surface area (Å²) < 4.78 is 5.10. The van der Waals surface area contributed by atoms with Crippen molar-refractivity contribution < 1.29 is 14.6 Å². The van der Waals surface area contributed by atoms with Gasteiger partial charge >= 0.3 is 0 Å². The standard InChI is InChI=1S/C19H22O3.ClH/c1-22-19-11-8-16(9-12-19)13-18(21)14-17(20)10-7-15-5-3-2-4-6-15;/h2-6,8-9,11-12,18,21H,7,10,13-14H2,1H3;1H. The lowest BCUT2D eigenvalue weighted by Gasteiger charge is -2.10. The van der Waals surface area contributed by atoms with Crippen LogP contribution < -0.4 is 4.74 Å². The molecule has 3 nitrogen and oxygen atoms in total. The predicted molar refractivity (Wildman–Crippen MR) is 94.3 cm³/mol. The van der Waals surface area contributed by atoms with Crippen molar-refractivity contribution in [1.82, 2.24) is 0 Å². The van der Waals surface area contributed by atoms with Crippen LogP contribution in [0.15, 0.2) is 54.6 Å². The van der Waals surface area contributed by atoms with Gasteiger partial charge in [-0.05, 0) is 36.1 Å². The molecule has 2 rings (SSSR count). The molecule has 0 heterocycles. The highest BCUT2D eigenvalue weighted by Crippen LogP contribution is 2.14. The molecule has 23 heavy (non-hydrogen) atoms. The van der Waals surface area contributed by atoms with Crippen LogP contribution in [0.2, 0.25) is 0 Å². The minimum absolute atomic E-state index is 0. The Morgan fingerprint density at radius 3 is 2.30 bits per heavy atom. The maximum atomic E-state index is 11.9. The Balaban J connectivity index is 0.00000264. The normalized spacial score (nSPS) is 11.4. The van der Waals surface area contributed by atoms with Gasteiger partial charge in [-0.15, -0.1) is 12.4 Å². The molecule has 0 saturated heterocycles. The molecule has 0 bridgehead atoms. The zero-order valence-electron chi connectivity index (χ0n) is 13.3. The lowest BCUT2D eigenvalue weighted by Crippen LogP contribution is -2.16. The van der Waals surface area contributed by atoms with Crippen molar-refractivity contribution in [2.24, 2.45) is 0 Å². The summed E-state index contributed by atoms with van der Waals surface area (Å²) in [7, 11) is 1.62. The van der Waals surface area contributed by atoms with Gasteiger partial charge in [-0.25, -0.2) is 0 Å². The number of rotatable bonds is 8. The summed E-state index contributed by atoms with van der Waals surface area (Å²) >= 11 is 0. The Kier molecular flexibility index (Phi) is 8.38. The molecule has 0 amide bonds. The summed E-state index contributed by atoms with van der Waals surface area (Å²) in [6.45, 7) is 0. The van der Waals surface area contributed by atoms with Crippen molar-refractivity contribution in [3.8, 4) is 5.75 Å². The molecule has 0 saturated carbocycles. The van der Waals surface area contributed by atoms with Crippen LogP contribution in [0.3, 0.4) is 0 Å². The average molecular weight is 335 g/mol. The number of hydrogen-bond acceptors (Lipinski definition) is 3. The number of Topliss-reactive ketones (excluding diaryl/α,β-unsaturated/α-hetero) is 1. The van der Waals surface area contributed by atoms with Crippen LogP contribution in [0.1, 0.15) is 24.0 Å². The number of aryl methyl sites for hydroxylation is 1. The number of carbonyl (C=O) groups excluding carboxylic acids is 1. The Morgan fingerprint density at radius 1 is 1.04 bits per heavy atom. The number of ether oxygens (including phenoxy) is 1. The molecule has 2 aromatic carbocycles. The fraction of sp³-hybridized carbons (Fsp3) is 0.316. The van der Waals surface area contributed by atoms with E-state index in [1.807, 2.05) is 54.6 Å². The topological polar surface area (TPSA) is 46.5 Å². The van der Waals surface area contributed by atoms with E-state index in [0.717, 1.165) is 23.3 Å². The molecule has 0 radical (unpaired) electrons. The summed E-state index contributed by atoms with van der Waals surface area (Å²) in [6.07, 6.45) is 1.27. The first-order valence-electron chi connectivity index (χ1n) is 7.54. The number of benzene rings is 2. The Morgan fingerprint density at radius 2 is 1.70 bits per heavy atom. The van der Waals surface area contributed by atoms with Gasteiger partial charge in [0.05, 0.1) is 13.2 Å². The highest BCUT2D eigenvalue weighted by molar-refractivity contribution is 5.85. The van der Waals surface area contributed by atoms with Gasteiger partial charge < -0.3 is 9.84 Å². The second kappa shape index (κ2) is 10.0. The van der Waals surface area contributed by atoms with Crippen molar-refractivity contribution in [3.63, 3.8) is 0 Å². The molecule has 1 atom stereocenters. The molecular formula is C19H23ClO3. The molecule has 4 heteroatoms. The van der Waals surface area contributed by atoms with E-state index in [1.165, 1.54) is 0 Å². The number of ketones is 1. The van der Waals surface area contributed by atoms with Gasteiger partial charge in [0.15, 0.2) is 0 Å². The van der Waals surface area contributed by atoms with Crippen LogP contribution in [0.25, 0.3) is 0 Å². The van der Waals surface area contributed by atoms with Gasteiger partial charge in [-0.3, -0.25) is 4.79 Å². The maximum absolute atomic E-state index is 11.9. The van der Waals surface area contributed by atoms with Crippen molar-refractivity contribution in [2.45, 2.75) is 31.8 Å². The fourth-order valence-electron chi connectivity index (χ4n) is 2.40. The fourth-order valence-corrected chi connectivity index (χ4v) is 2.40. The molecule has 124 valence electrons. The number of hydrogen-bond donors (Lipinski definition) is 1. The summed E-state index contributed by atoms with van der Waals surface area (Å²) in [5.41, 5.74) is 2.16. The predicted octanol–water partition coefficient (Wildman–Crippen LogP) is 3.61. The van der Waals surface area contributed by atoms with Crippen LogP contribution in [0.5, 0.6) is 5.75 Å². The zero-order valence-corrected chi connectivity index (χ0v) is 14.1. The van der Waals surface area contributed by atoms with E-state index in [9.17, 15) is 9.90 Å². The lowest BCUT2D eigenvalue weighted by molar-refractivity contribution is -0.120. The third-order valence-electron chi connectivity index (χ3n) is 3.63. The van der Waals surface area contributed by atoms with Gasteiger partial charge in [-0.1, -0.05) is 42.5 Å². The molecule has 0 aromatic heterocycles. The largest absolute Gasteiger partial charge is 0.497 e. The van der Waals surface area contributed by atoms with E-state index in [2.05, 4.69) is 0 Å². The van der Waals surface area contributed by atoms with Gasteiger partial charge in [0, 0.05) is 12.8 Å². The summed E-state index contributed by atoms with van der Waals surface area (Å²) in [5.74, 6) is 0.891. The number of methoxy groups -OCH3 is 1. The minimum Gasteiger partial charge on any atom is -0.497 e. The SMILES string of the molecule is COc1ccc(CC(O)CC(=O)CCc2ccccc2)cc1.Cl. The van der Waals surface area contributed by atoms with Gasteiger partial charge in [-0.2, -0.15) is 0 Å². The van der Waals surface area contributed by atoms with Crippen molar-refractivity contribution >= 4 is 18.2 Å². The third kappa shape index (κ3) is 6.85. The quantitative estimate of drug-likeness (QED) is 0.802. The Bertz CT molecular complexity index is 581. The van der Waals surface area contributed by atoms with E-state index in [0.29, 0.717) is 12.8 Å². The molecule has 0 aliphatic rings. The van der Waals surface area contributed by atoms with Crippen molar-refractivity contribution in [3.05, 3.63) is 65.7 Å². The number of halogens is 1. The smallest absolute Gasteiger partial charge is 0.135 e. The minimum atomic E-state index is -0.628. The first kappa shape index (κ1) is 19.2. The monoisotopic (exact) mass is 334 g/mol. The van der Waals surface area contributed by atoms with Crippen molar-refractivity contribution in [1.29, 1.82) is 0 Å². The number of carbonyl (C=O) groups is 1. The van der Waals surface area contributed by atoms with Crippen LogP contribution in [0, 0.1) is 0 Å². The van der Waals surface area contributed by atoms with E-state index in [-0.39, 0.29) is 24.6 Å². The second-order valence-electron chi connectivity index (χ2n) is 5.43.